The molecular weight excluding hydrogens is 324 g/mol. The number of hydrogen-bond donors (Lipinski definition) is 1. The Balaban J connectivity index is 1.58. The molecule has 4 nitrogen and oxygen atoms in total. The third-order valence-electron chi connectivity index (χ3n) is 4.96. The van der Waals surface area contributed by atoms with E-state index in [0.29, 0.717) is 19.2 Å². The zero-order chi connectivity index (χ0) is 18.4. The van der Waals surface area contributed by atoms with E-state index < -0.39 is 0 Å². The minimum Gasteiger partial charge on any atom is -0.494 e. The highest BCUT2D eigenvalue weighted by Crippen LogP contribution is 2.32. The normalized spacial score (nSPS) is 18.5. The van der Waals surface area contributed by atoms with E-state index in [1.54, 1.807) is 0 Å². The van der Waals surface area contributed by atoms with Gasteiger partial charge in [0, 0.05) is 6.04 Å². The Hall–Kier alpha value is -2.33. The van der Waals surface area contributed by atoms with Crippen molar-refractivity contribution in [3.8, 4) is 5.75 Å². The predicted molar refractivity (Wildman–Crippen MR) is 104 cm³/mol. The van der Waals surface area contributed by atoms with Crippen LogP contribution in [-0.4, -0.2) is 30.5 Å². The van der Waals surface area contributed by atoms with Crippen LogP contribution in [0, 0.1) is 0 Å². The molecule has 0 bridgehead atoms. The monoisotopic (exact) mass is 352 g/mol. The Morgan fingerprint density at radius 3 is 2.62 bits per heavy atom. The summed E-state index contributed by atoms with van der Waals surface area (Å²) < 4.78 is 5.52. The van der Waals surface area contributed by atoms with E-state index in [9.17, 15) is 4.79 Å². The lowest BCUT2D eigenvalue weighted by Gasteiger charge is -2.25. The van der Waals surface area contributed by atoms with Gasteiger partial charge in [-0.05, 0) is 56.5 Å². The molecule has 0 aliphatic carbocycles. The first-order valence-corrected chi connectivity index (χ1v) is 9.48. The van der Waals surface area contributed by atoms with E-state index in [1.165, 1.54) is 5.56 Å². The van der Waals surface area contributed by atoms with Gasteiger partial charge in [-0.15, -0.1) is 0 Å². The molecule has 0 spiro atoms. The molecule has 1 amide bonds. The number of hydrogen-bond acceptors (Lipinski definition) is 3. The second-order valence-corrected chi connectivity index (χ2v) is 6.83. The fourth-order valence-electron chi connectivity index (χ4n) is 3.64. The molecule has 2 atom stereocenters. The van der Waals surface area contributed by atoms with Crippen molar-refractivity contribution >= 4 is 5.91 Å². The SMILES string of the molecule is CCOc1ccc([C@@H]2CCCN2CC(=O)N[C@@H](C)c2ccccc2)cc1. The number of carbonyl (C=O) groups excluding carboxylic acids is 1. The van der Waals surface area contributed by atoms with Crippen molar-refractivity contribution in [2.45, 2.75) is 38.8 Å². The van der Waals surface area contributed by atoms with Crippen LogP contribution in [0.2, 0.25) is 0 Å². The van der Waals surface area contributed by atoms with E-state index in [4.69, 9.17) is 4.74 Å². The maximum atomic E-state index is 12.5. The Kier molecular flexibility index (Phi) is 6.29. The Labute approximate surface area is 156 Å². The van der Waals surface area contributed by atoms with Crippen LogP contribution in [0.25, 0.3) is 0 Å². The smallest absolute Gasteiger partial charge is 0.234 e. The Morgan fingerprint density at radius 1 is 1.19 bits per heavy atom. The van der Waals surface area contributed by atoms with Gasteiger partial charge in [0.05, 0.1) is 19.2 Å². The molecule has 26 heavy (non-hydrogen) atoms. The van der Waals surface area contributed by atoms with Gasteiger partial charge in [-0.3, -0.25) is 9.69 Å². The van der Waals surface area contributed by atoms with Crippen LogP contribution in [0.5, 0.6) is 5.75 Å². The van der Waals surface area contributed by atoms with E-state index in [1.807, 2.05) is 56.3 Å². The summed E-state index contributed by atoms with van der Waals surface area (Å²) in [6, 6.07) is 18.7. The molecule has 1 saturated heterocycles. The molecule has 1 aliphatic heterocycles. The first kappa shape index (κ1) is 18.5. The highest BCUT2D eigenvalue weighted by atomic mass is 16.5. The van der Waals surface area contributed by atoms with Gasteiger partial charge in [0.25, 0.3) is 0 Å². The van der Waals surface area contributed by atoms with E-state index >= 15 is 0 Å². The highest BCUT2D eigenvalue weighted by Gasteiger charge is 2.27. The van der Waals surface area contributed by atoms with Gasteiger partial charge in [0.2, 0.25) is 5.91 Å². The van der Waals surface area contributed by atoms with Gasteiger partial charge >= 0.3 is 0 Å². The quantitative estimate of drug-likeness (QED) is 0.816. The average Bonchev–Trinajstić information content (AvgIpc) is 3.11. The fraction of sp³-hybridized carbons (Fsp3) is 0.409. The molecule has 1 N–H and O–H groups in total. The third kappa shape index (κ3) is 4.64. The summed E-state index contributed by atoms with van der Waals surface area (Å²) in [5.41, 5.74) is 2.39. The van der Waals surface area contributed by atoms with Crippen LogP contribution < -0.4 is 10.1 Å². The molecule has 3 rings (SSSR count). The number of nitrogens with one attached hydrogen (secondary N) is 1. The molecular formula is C22H28N2O2. The number of likely N-dealkylation sites (tertiary alicyclic amines) is 1. The van der Waals surface area contributed by atoms with Gasteiger partial charge in [-0.25, -0.2) is 0 Å². The topological polar surface area (TPSA) is 41.6 Å². The van der Waals surface area contributed by atoms with Crippen molar-refractivity contribution in [2.75, 3.05) is 19.7 Å². The zero-order valence-corrected chi connectivity index (χ0v) is 15.7. The maximum Gasteiger partial charge on any atom is 0.234 e. The minimum atomic E-state index is 0.0234. The van der Waals surface area contributed by atoms with Gasteiger partial charge < -0.3 is 10.1 Å². The van der Waals surface area contributed by atoms with Crippen molar-refractivity contribution in [1.82, 2.24) is 10.2 Å². The van der Waals surface area contributed by atoms with Crippen LogP contribution in [-0.2, 0) is 4.79 Å². The van der Waals surface area contributed by atoms with Crippen LogP contribution in [0.3, 0.4) is 0 Å². The molecule has 0 aromatic heterocycles. The molecule has 138 valence electrons. The Morgan fingerprint density at radius 2 is 1.92 bits per heavy atom. The van der Waals surface area contributed by atoms with Gasteiger partial charge in [-0.1, -0.05) is 42.5 Å². The van der Waals surface area contributed by atoms with Gasteiger partial charge in [0.1, 0.15) is 5.75 Å². The van der Waals surface area contributed by atoms with Crippen LogP contribution in [0.4, 0.5) is 0 Å². The first-order chi connectivity index (χ1) is 12.7. The summed E-state index contributed by atoms with van der Waals surface area (Å²) in [5.74, 6) is 0.981. The molecule has 2 aromatic carbocycles. The number of rotatable bonds is 7. The highest BCUT2D eigenvalue weighted by molar-refractivity contribution is 5.78. The number of benzene rings is 2. The lowest BCUT2D eigenvalue weighted by molar-refractivity contribution is -0.123. The summed E-state index contributed by atoms with van der Waals surface area (Å²) in [5, 5.41) is 3.12. The third-order valence-corrected chi connectivity index (χ3v) is 4.96. The first-order valence-electron chi connectivity index (χ1n) is 9.48. The number of nitrogens with zero attached hydrogens (tertiary/aromatic N) is 1. The number of carbonyl (C=O) groups is 1. The van der Waals surface area contributed by atoms with Crippen LogP contribution in [0.1, 0.15) is 49.9 Å². The van der Waals surface area contributed by atoms with Crippen molar-refractivity contribution < 1.29 is 9.53 Å². The molecule has 1 heterocycles. The van der Waals surface area contributed by atoms with Crippen LogP contribution in [0.15, 0.2) is 54.6 Å². The van der Waals surface area contributed by atoms with Gasteiger partial charge in [0.15, 0.2) is 0 Å². The van der Waals surface area contributed by atoms with Crippen molar-refractivity contribution in [3.63, 3.8) is 0 Å². The summed E-state index contributed by atoms with van der Waals surface area (Å²) in [6.45, 7) is 6.09. The van der Waals surface area contributed by atoms with Crippen molar-refractivity contribution in [1.29, 1.82) is 0 Å². The summed E-state index contributed by atoms with van der Waals surface area (Å²) in [6.07, 6.45) is 2.22. The van der Waals surface area contributed by atoms with E-state index in [-0.39, 0.29) is 11.9 Å². The summed E-state index contributed by atoms with van der Waals surface area (Å²) >= 11 is 0. The van der Waals surface area contributed by atoms with E-state index in [2.05, 4.69) is 22.3 Å². The molecule has 1 aliphatic rings. The molecule has 0 unspecified atom stereocenters. The molecule has 0 saturated carbocycles. The largest absolute Gasteiger partial charge is 0.494 e. The Bertz CT molecular complexity index is 700. The van der Waals surface area contributed by atoms with Crippen LogP contribution >= 0.6 is 0 Å². The van der Waals surface area contributed by atoms with Crippen molar-refractivity contribution in [3.05, 3.63) is 65.7 Å². The minimum absolute atomic E-state index is 0.0234. The lowest BCUT2D eigenvalue weighted by Crippen LogP contribution is -2.38. The lowest BCUT2D eigenvalue weighted by atomic mass is 10.0. The number of ether oxygens (including phenoxy) is 1. The van der Waals surface area contributed by atoms with Gasteiger partial charge in [-0.2, -0.15) is 0 Å². The predicted octanol–water partition coefficient (Wildman–Crippen LogP) is 4.10. The second-order valence-electron chi connectivity index (χ2n) is 6.83. The molecule has 1 fully saturated rings. The fourth-order valence-corrected chi connectivity index (χ4v) is 3.64. The molecule has 0 radical (unpaired) electrons. The summed E-state index contributed by atoms with van der Waals surface area (Å²) in [7, 11) is 0. The standard InChI is InChI=1S/C22H28N2O2/c1-3-26-20-13-11-19(12-14-20)21-10-7-15-24(21)16-22(25)23-17(2)18-8-5-4-6-9-18/h4-6,8-9,11-14,17,21H,3,7,10,15-16H2,1-2H3,(H,23,25)/t17-,21-/m0/s1. The zero-order valence-electron chi connectivity index (χ0n) is 15.7. The van der Waals surface area contributed by atoms with Crippen molar-refractivity contribution in [2.24, 2.45) is 0 Å². The molecule has 4 heteroatoms. The van der Waals surface area contributed by atoms with E-state index in [0.717, 1.165) is 30.7 Å². The molecule has 2 aromatic rings. The summed E-state index contributed by atoms with van der Waals surface area (Å²) in [4.78, 5) is 14.8. The average molecular weight is 352 g/mol. The number of amides is 1. The second kappa shape index (κ2) is 8.86. The maximum absolute atomic E-state index is 12.5.